The third-order valence-electron chi connectivity index (χ3n) is 4.21. The number of hydrogen-bond acceptors (Lipinski definition) is 5. The van der Waals surface area contributed by atoms with E-state index in [0.717, 1.165) is 16.0 Å². The Balaban J connectivity index is 1.61. The molecule has 1 aliphatic heterocycles. The first-order chi connectivity index (χ1) is 12.6. The van der Waals surface area contributed by atoms with Gasteiger partial charge in [0.05, 0.1) is 11.0 Å². The highest BCUT2D eigenvalue weighted by Crippen LogP contribution is 2.65. The van der Waals surface area contributed by atoms with Gasteiger partial charge in [-0.3, -0.25) is 14.1 Å². The second-order valence-electron chi connectivity index (χ2n) is 6.08. The van der Waals surface area contributed by atoms with E-state index in [4.69, 9.17) is 4.74 Å². The van der Waals surface area contributed by atoms with E-state index in [1.807, 2.05) is 54.6 Å². The molecule has 0 bridgehead atoms. The van der Waals surface area contributed by atoms with Gasteiger partial charge in [-0.05, 0) is 29.8 Å². The molecule has 0 spiro atoms. The van der Waals surface area contributed by atoms with Gasteiger partial charge in [0.2, 0.25) is 0 Å². The molecule has 1 atom stereocenters. The van der Waals surface area contributed by atoms with Crippen LogP contribution < -0.4 is 4.74 Å². The maximum Gasteiger partial charge on any atom is 0.143 e. The minimum Gasteiger partial charge on any atom is -0.487 e. The molecule has 134 valence electrons. The van der Waals surface area contributed by atoms with Crippen molar-refractivity contribution in [1.82, 2.24) is 4.98 Å². The molecule has 26 heavy (non-hydrogen) atoms. The molecular formula is C20H19NO3S2. The van der Waals surface area contributed by atoms with Gasteiger partial charge in [-0.25, -0.2) is 0 Å². The summed E-state index contributed by atoms with van der Waals surface area (Å²) in [5, 5.41) is -0.000609. The molecule has 0 saturated heterocycles. The van der Waals surface area contributed by atoms with E-state index < -0.39 is 10.6 Å². The smallest absolute Gasteiger partial charge is 0.143 e. The average Bonchev–Trinajstić information content (AvgIpc) is 2.92. The fourth-order valence-corrected chi connectivity index (χ4v) is 6.73. The SMILES string of the molecule is OS1(O)CC(Sc2ccccc2)c2cccc(OCc3cccnc3)c21. The first-order valence-corrected chi connectivity index (χ1v) is 10.9. The molecule has 0 amide bonds. The number of nitrogens with zero attached hydrogens (tertiary/aromatic N) is 1. The van der Waals surface area contributed by atoms with Gasteiger partial charge in [-0.15, -0.1) is 11.8 Å². The highest BCUT2D eigenvalue weighted by Gasteiger charge is 2.38. The van der Waals surface area contributed by atoms with E-state index in [9.17, 15) is 9.11 Å². The molecule has 4 rings (SSSR count). The van der Waals surface area contributed by atoms with Crippen LogP contribution in [0.3, 0.4) is 0 Å². The maximum absolute atomic E-state index is 10.7. The van der Waals surface area contributed by atoms with Crippen LogP contribution >= 0.6 is 22.4 Å². The van der Waals surface area contributed by atoms with Crippen molar-refractivity contribution < 1.29 is 13.8 Å². The molecule has 1 unspecified atom stereocenters. The predicted molar refractivity (Wildman–Crippen MR) is 106 cm³/mol. The summed E-state index contributed by atoms with van der Waals surface area (Å²) in [7, 11) is -2.87. The van der Waals surface area contributed by atoms with Crippen molar-refractivity contribution >= 4 is 22.4 Å². The minimum absolute atomic E-state index is 0.000609. The lowest BCUT2D eigenvalue weighted by molar-refractivity contribution is 0.296. The van der Waals surface area contributed by atoms with Crippen LogP contribution in [0.4, 0.5) is 0 Å². The molecule has 6 heteroatoms. The van der Waals surface area contributed by atoms with Crippen molar-refractivity contribution in [1.29, 1.82) is 0 Å². The van der Waals surface area contributed by atoms with Crippen LogP contribution in [0.25, 0.3) is 0 Å². The summed E-state index contributed by atoms with van der Waals surface area (Å²) in [5.74, 6) is 0.859. The van der Waals surface area contributed by atoms with Gasteiger partial charge in [-0.1, -0.05) is 36.4 Å². The highest BCUT2D eigenvalue weighted by atomic mass is 32.3. The van der Waals surface area contributed by atoms with Crippen molar-refractivity contribution in [2.45, 2.75) is 21.6 Å². The zero-order chi connectivity index (χ0) is 18.0. The lowest BCUT2D eigenvalue weighted by atomic mass is 10.1. The molecule has 1 aromatic heterocycles. The van der Waals surface area contributed by atoms with Gasteiger partial charge in [0.25, 0.3) is 0 Å². The largest absolute Gasteiger partial charge is 0.487 e. The van der Waals surface area contributed by atoms with E-state index in [1.54, 1.807) is 30.2 Å². The Bertz CT molecular complexity index is 888. The minimum atomic E-state index is -2.87. The van der Waals surface area contributed by atoms with Crippen LogP contribution in [0, 0.1) is 0 Å². The molecule has 2 heterocycles. The van der Waals surface area contributed by atoms with Crippen molar-refractivity contribution in [2.75, 3.05) is 5.75 Å². The number of ether oxygens (including phenoxy) is 1. The molecule has 3 aromatic rings. The average molecular weight is 386 g/mol. The standard InChI is InChI=1S/C20H19NO3S2/c22-26(23)14-19(25-16-7-2-1-3-8-16)17-9-4-10-18(20(17)26)24-13-15-6-5-11-21-12-15/h1-12,19,22-23H,13-14H2. The van der Waals surface area contributed by atoms with Gasteiger partial charge in [0.1, 0.15) is 17.3 Å². The second kappa shape index (κ2) is 7.32. The summed E-state index contributed by atoms with van der Waals surface area (Å²) in [4.78, 5) is 5.75. The summed E-state index contributed by atoms with van der Waals surface area (Å²) in [5.41, 5.74) is 1.89. The summed E-state index contributed by atoms with van der Waals surface area (Å²) in [6.07, 6.45) is 3.46. The van der Waals surface area contributed by atoms with Crippen molar-refractivity contribution in [2.24, 2.45) is 0 Å². The summed E-state index contributed by atoms with van der Waals surface area (Å²) >= 11 is 1.65. The van der Waals surface area contributed by atoms with E-state index in [-0.39, 0.29) is 5.25 Å². The summed E-state index contributed by atoms with van der Waals surface area (Å²) < 4.78 is 27.3. The first kappa shape index (κ1) is 17.4. The molecule has 2 N–H and O–H groups in total. The van der Waals surface area contributed by atoms with Crippen LogP contribution in [0.2, 0.25) is 0 Å². The number of benzene rings is 2. The number of rotatable bonds is 5. The molecule has 0 fully saturated rings. The molecule has 0 radical (unpaired) electrons. The number of fused-ring (bicyclic) bond motifs is 1. The lowest BCUT2D eigenvalue weighted by Gasteiger charge is -2.29. The molecule has 4 nitrogen and oxygen atoms in total. The van der Waals surface area contributed by atoms with E-state index in [1.165, 1.54) is 0 Å². The van der Waals surface area contributed by atoms with Crippen LogP contribution in [0.1, 0.15) is 16.4 Å². The van der Waals surface area contributed by atoms with Crippen molar-refractivity contribution in [3.63, 3.8) is 0 Å². The molecule has 0 aliphatic carbocycles. The Morgan fingerprint density at radius 3 is 2.65 bits per heavy atom. The third kappa shape index (κ3) is 3.59. The van der Waals surface area contributed by atoms with E-state index in [0.29, 0.717) is 23.0 Å². The van der Waals surface area contributed by atoms with Crippen LogP contribution in [0.15, 0.2) is 82.8 Å². The van der Waals surface area contributed by atoms with Gasteiger partial charge in [0, 0.05) is 22.9 Å². The maximum atomic E-state index is 10.7. The first-order valence-electron chi connectivity index (χ1n) is 8.26. The highest BCUT2D eigenvalue weighted by molar-refractivity contribution is 8.25. The molecule has 1 aliphatic rings. The topological polar surface area (TPSA) is 62.6 Å². The van der Waals surface area contributed by atoms with Crippen LogP contribution in [0.5, 0.6) is 5.75 Å². The zero-order valence-corrected chi connectivity index (χ0v) is 15.6. The Kier molecular flexibility index (Phi) is 4.91. The summed E-state index contributed by atoms with van der Waals surface area (Å²) in [6.45, 7) is 0.344. The lowest BCUT2D eigenvalue weighted by Crippen LogP contribution is -2.02. The van der Waals surface area contributed by atoms with Gasteiger partial charge < -0.3 is 4.74 Å². The molecule has 2 aromatic carbocycles. The van der Waals surface area contributed by atoms with E-state index >= 15 is 0 Å². The second-order valence-corrected chi connectivity index (χ2v) is 9.43. The van der Waals surface area contributed by atoms with Crippen LogP contribution in [-0.4, -0.2) is 19.8 Å². The number of hydrogen-bond donors (Lipinski definition) is 2. The van der Waals surface area contributed by atoms with Gasteiger partial charge >= 0.3 is 0 Å². The normalized spacial score (nSPS) is 18.9. The van der Waals surface area contributed by atoms with Crippen molar-refractivity contribution in [3.8, 4) is 5.75 Å². The van der Waals surface area contributed by atoms with Crippen LogP contribution in [-0.2, 0) is 6.61 Å². The number of aromatic nitrogens is 1. The number of pyridine rings is 1. The molecular weight excluding hydrogens is 366 g/mol. The quantitative estimate of drug-likeness (QED) is 0.597. The number of thioether (sulfide) groups is 1. The van der Waals surface area contributed by atoms with Gasteiger partial charge in [-0.2, -0.15) is 10.6 Å². The fraction of sp³-hybridized carbons (Fsp3) is 0.150. The monoisotopic (exact) mass is 385 g/mol. The summed E-state index contributed by atoms with van der Waals surface area (Å²) in [6, 6.07) is 19.5. The Hall–Kier alpha value is -1.99. The van der Waals surface area contributed by atoms with Gasteiger partial charge in [0.15, 0.2) is 0 Å². The Labute approximate surface area is 158 Å². The van der Waals surface area contributed by atoms with Crippen molar-refractivity contribution in [3.05, 3.63) is 84.2 Å². The predicted octanol–water partition coefficient (Wildman–Crippen LogP) is 5.62. The third-order valence-corrected chi connectivity index (χ3v) is 7.55. The Morgan fingerprint density at radius 2 is 1.88 bits per heavy atom. The fourth-order valence-electron chi connectivity index (χ4n) is 3.04. The Morgan fingerprint density at radius 1 is 1.04 bits per heavy atom. The zero-order valence-electron chi connectivity index (χ0n) is 14.0. The van der Waals surface area contributed by atoms with E-state index in [2.05, 4.69) is 4.98 Å². The molecule has 0 saturated carbocycles.